The second kappa shape index (κ2) is 20.6. The lowest BCUT2D eigenvalue weighted by atomic mass is 9.84. The maximum absolute atomic E-state index is 2.52. The van der Waals surface area contributed by atoms with E-state index < -0.39 is 0 Å². The van der Waals surface area contributed by atoms with Gasteiger partial charge in [0.25, 0.3) is 0 Å². The summed E-state index contributed by atoms with van der Waals surface area (Å²) in [7, 11) is 0. The van der Waals surface area contributed by atoms with Gasteiger partial charge >= 0.3 is 0 Å². The van der Waals surface area contributed by atoms with Crippen molar-refractivity contribution in [1.82, 2.24) is 0 Å². The van der Waals surface area contributed by atoms with E-state index in [0.29, 0.717) is 0 Å². The van der Waals surface area contributed by atoms with Crippen LogP contribution in [0.4, 0.5) is 0 Å². The Hall–Kier alpha value is -12.7. The number of rotatable bonds is 6. The van der Waals surface area contributed by atoms with E-state index in [1.54, 1.807) is 0 Å². The van der Waals surface area contributed by atoms with Crippen molar-refractivity contribution in [2.75, 3.05) is 0 Å². The molecule has 0 atom stereocenters. The minimum Gasteiger partial charge on any atom is -0.0622 e. The molecule has 0 aliphatic heterocycles. The average Bonchev–Trinajstić information content (AvgIpc) is 1.50. The second-order valence-corrected chi connectivity index (χ2v) is 31.4. The van der Waals surface area contributed by atoms with Crippen molar-refractivity contribution >= 4 is 140 Å². The first-order chi connectivity index (χ1) is 51.9. The Bertz CT molecular complexity index is 7520. The molecule has 0 saturated carbocycles. The van der Waals surface area contributed by atoms with Gasteiger partial charge in [0.1, 0.15) is 0 Å². The molecule has 0 saturated heterocycles. The fourth-order valence-electron chi connectivity index (χ4n) is 21.4. The van der Waals surface area contributed by atoms with Gasteiger partial charge in [0.15, 0.2) is 0 Å². The summed E-state index contributed by atoms with van der Waals surface area (Å²) in [5.41, 5.74) is 31.2. The van der Waals surface area contributed by atoms with Crippen LogP contribution in [0, 0.1) is 76.3 Å². The summed E-state index contributed by atoms with van der Waals surface area (Å²) in [5.74, 6) is 0. The van der Waals surface area contributed by atoms with Gasteiger partial charge < -0.3 is 0 Å². The van der Waals surface area contributed by atoms with E-state index in [9.17, 15) is 0 Å². The Morgan fingerprint density at radius 2 is 0.415 bits per heavy atom. The molecule has 2 aliphatic carbocycles. The molecule has 22 aromatic rings. The lowest BCUT2D eigenvalue weighted by Gasteiger charge is -2.19. The lowest BCUT2D eigenvalue weighted by molar-refractivity contribution is 1.29. The van der Waals surface area contributed by atoms with E-state index in [1.807, 2.05) is 0 Å². The molecule has 24 rings (SSSR count). The van der Waals surface area contributed by atoms with Crippen LogP contribution in [-0.4, -0.2) is 0 Å². The predicted octanol–water partition coefficient (Wildman–Crippen LogP) is 29.4. The number of hydrogen-bond acceptors (Lipinski definition) is 0. The molecule has 106 heavy (non-hydrogen) atoms. The van der Waals surface area contributed by atoms with E-state index >= 15 is 0 Å². The molecular weight excluding hydrogens is 1270 g/mol. The monoisotopic (exact) mass is 1340 g/mol. The molecule has 22 aromatic carbocycles. The highest BCUT2D eigenvalue weighted by molar-refractivity contribution is 6.52. The van der Waals surface area contributed by atoms with Gasteiger partial charge in [-0.05, 0) is 340 Å². The summed E-state index contributed by atoms with van der Waals surface area (Å²) in [6.07, 6.45) is 0. The second-order valence-electron chi connectivity index (χ2n) is 31.4. The summed E-state index contributed by atoms with van der Waals surface area (Å²) in [5, 5.41) is 40.2. The van der Waals surface area contributed by atoms with Gasteiger partial charge in [-0.2, -0.15) is 0 Å². The van der Waals surface area contributed by atoms with Crippen LogP contribution in [0.1, 0.15) is 44.5 Å². The molecule has 0 spiro atoms. The summed E-state index contributed by atoms with van der Waals surface area (Å²) >= 11 is 0. The molecule has 0 aromatic heterocycles. The van der Waals surface area contributed by atoms with Crippen LogP contribution in [0.15, 0.2) is 267 Å². The maximum Gasteiger partial charge on any atom is -0.000717 e. The molecule has 0 heteroatoms. The van der Waals surface area contributed by atoms with Crippen LogP contribution in [0.2, 0.25) is 0 Å². The van der Waals surface area contributed by atoms with Crippen molar-refractivity contribution in [3.05, 3.63) is 332 Å². The van der Waals surface area contributed by atoms with Gasteiger partial charge in [-0.15, -0.1) is 0 Å². The molecule has 0 fully saturated rings. The third kappa shape index (κ3) is 7.29. The van der Waals surface area contributed by atoms with Gasteiger partial charge in [-0.1, -0.05) is 277 Å². The molecule has 0 amide bonds. The smallest absolute Gasteiger partial charge is 0.000717 e. The minimum atomic E-state index is 1.23. The van der Waals surface area contributed by atoms with Gasteiger partial charge in [-0.3, -0.25) is 0 Å². The highest BCUT2D eigenvalue weighted by atomic mass is 14.4. The van der Waals surface area contributed by atoms with Crippen LogP contribution in [-0.2, 0) is 0 Å². The van der Waals surface area contributed by atoms with Crippen molar-refractivity contribution in [3.63, 3.8) is 0 Å². The van der Waals surface area contributed by atoms with Gasteiger partial charge in [0.05, 0.1) is 0 Å². The normalized spacial score (nSPS) is 12.7. The van der Waals surface area contributed by atoms with E-state index in [0.717, 1.165) is 0 Å². The Kier molecular flexibility index (Phi) is 11.4. The Morgan fingerprint density at radius 3 is 0.745 bits per heavy atom. The number of hydrogen-bond donors (Lipinski definition) is 0. The lowest BCUT2D eigenvalue weighted by Crippen LogP contribution is -1.97. The maximum atomic E-state index is 2.52. The molecule has 2 aliphatic rings. The van der Waals surface area contributed by atoms with Gasteiger partial charge in [0.2, 0.25) is 0 Å². The first kappa shape index (κ1) is 58.7. The van der Waals surface area contributed by atoms with Crippen LogP contribution >= 0.6 is 0 Å². The van der Waals surface area contributed by atoms with E-state index in [1.165, 1.54) is 294 Å². The Balaban J connectivity index is 0.781. The predicted molar refractivity (Wildman–Crippen MR) is 455 cm³/mol. The highest BCUT2D eigenvalue weighted by Crippen LogP contribution is 2.61. The zero-order valence-electron chi connectivity index (χ0n) is 60.4. The third-order valence-corrected chi connectivity index (χ3v) is 26.0. The Labute approximate surface area is 612 Å². The van der Waals surface area contributed by atoms with E-state index in [-0.39, 0.29) is 0 Å². The zero-order chi connectivity index (χ0) is 70.3. The van der Waals surface area contributed by atoms with Crippen LogP contribution in [0.3, 0.4) is 0 Å². The molecule has 0 N–H and O–H groups in total. The molecular formula is C106H68. The third-order valence-electron chi connectivity index (χ3n) is 26.0. The first-order valence-corrected chi connectivity index (χ1v) is 37.8. The number of benzene rings is 20. The molecule has 0 radical (unpaired) electrons. The van der Waals surface area contributed by atoms with E-state index in [4.69, 9.17) is 0 Å². The summed E-state index contributed by atoms with van der Waals surface area (Å²) in [4.78, 5) is 0. The van der Waals surface area contributed by atoms with Crippen LogP contribution in [0.5, 0.6) is 0 Å². The van der Waals surface area contributed by atoms with Gasteiger partial charge in [-0.25, -0.2) is 0 Å². The highest BCUT2D eigenvalue weighted by Gasteiger charge is 2.34. The van der Waals surface area contributed by atoms with Crippen LogP contribution < -0.4 is 0 Å². The fraction of sp³-hybridized carbons (Fsp3) is 0.0755. The molecule has 0 bridgehead atoms. The van der Waals surface area contributed by atoms with Crippen molar-refractivity contribution in [2.24, 2.45) is 0 Å². The number of aryl methyl sites for hydroxylation is 6. The van der Waals surface area contributed by atoms with E-state index in [2.05, 4.69) is 322 Å². The molecule has 0 nitrogen and oxygen atoms in total. The summed E-state index contributed by atoms with van der Waals surface area (Å²) < 4.78 is 0. The standard InChI is InChI=1S/C106H68/c1-53-19-27-63(28-20-53)87-59(7)91-77-45-37-69-73-41-49-81-102-82(50-42-74(98(73)102)70-38-46-78(100(77)96(69)70)92(91)60(8)88(87)64-29-21-54(2)22-30-64)106-94(66-33-25-56(4)26-34-66)104-80-48-40-72-68-36-44-76-90-58(6)84-52-86(62-17-13-10-14-18-62)85(61-15-11-9-12-16-61)51-83(84)57(5)89(90)75-43-35-67(95(68)99(75)76)71-39-47-79(101(80)97(71)72)103(104)93(105(81)106)65-31-23-55(3)24-32-65/h9-52H,1-8H3. The van der Waals surface area contributed by atoms with Crippen molar-refractivity contribution < 1.29 is 0 Å². The first-order valence-electron chi connectivity index (χ1n) is 37.8. The summed E-state index contributed by atoms with van der Waals surface area (Å²) in [6.45, 7) is 18.4. The topological polar surface area (TPSA) is 0 Å². The fourth-order valence-corrected chi connectivity index (χ4v) is 21.4. The molecule has 0 unspecified atom stereocenters. The minimum absolute atomic E-state index is 1.23. The van der Waals surface area contributed by atoms with Gasteiger partial charge in [0, 0.05) is 0 Å². The quantitative estimate of drug-likeness (QED) is 0.115. The largest absolute Gasteiger partial charge is 0.0622 e. The van der Waals surface area contributed by atoms with Crippen LogP contribution in [0.25, 0.3) is 229 Å². The zero-order valence-corrected chi connectivity index (χ0v) is 60.4. The molecule has 492 valence electrons. The Morgan fingerprint density at radius 1 is 0.151 bits per heavy atom. The average molecular weight is 1340 g/mol. The SMILES string of the molecule is Cc1ccc(-c2c(-c3ccc(C)cc3)c(C)c3c(c2C)=c2ccc4c5ccc6c7c(-c8ccc(C)cc8)c8c9ccc%10c%11ccc%12c%13c(ccc(c%14ccc(c8c(-c8ccc(C)cc8)c7c7ccc(c8ccc=3c2c48)c5c67)c9c%10%14)c%13%11)-c2c-%12c(C)c3cc(-c4ccccc4)c(-c4ccccc4)cc3c2C)cc1. The van der Waals surface area contributed by atoms with Crippen molar-refractivity contribution in [2.45, 2.75) is 55.4 Å². The van der Waals surface area contributed by atoms with Crippen molar-refractivity contribution in [1.29, 1.82) is 0 Å². The van der Waals surface area contributed by atoms with Crippen molar-refractivity contribution in [3.8, 4) is 89.0 Å². The molecule has 0 heterocycles. The summed E-state index contributed by atoms with van der Waals surface area (Å²) in [6, 6.07) is 104. The number of fused-ring (bicyclic) bond motifs is 15.